The lowest BCUT2D eigenvalue weighted by molar-refractivity contribution is 0.617. The minimum Gasteiger partial charge on any atom is -0.456 e. The van der Waals surface area contributed by atoms with Gasteiger partial charge in [-0.15, -0.1) is 22.7 Å². The summed E-state index contributed by atoms with van der Waals surface area (Å²) in [5.74, 6) is 1.12. The summed E-state index contributed by atoms with van der Waals surface area (Å²) in [6.45, 7) is 0. The van der Waals surface area contributed by atoms with E-state index in [1.807, 2.05) is 65.1 Å². The summed E-state index contributed by atoms with van der Waals surface area (Å²) in [5, 5.41) is 8.90. The maximum absolute atomic E-state index is 6.64. The minimum absolute atomic E-state index is 0.540. The summed E-state index contributed by atoms with van der Waals surface area (Å²) in [6, 6.07) is 107. The second-order valence-corrected chi connectivity index (χ2v) is 26.6. The average Bonchev–Trinajstić information content (AvgIpc) is 1.59. The van der Waals surface area contributed by atoms with Crippen molar-refractivity contribution in [3.8, 4) is 56.3 Å². The van der Waals surface area contributed by atoms with Gasteiger partial charge in [0.15, 0.2) is 11.2 Å². The van der Waals surface area contributed by atoms with Gasteiger partial charge in [-0.05, 0) is 173 Å². The molecule has 0 aliphatic carbocycles. The molecule has 0 N–H and O–H groups in total. The number of oxazole rings is 2. The molecule has 0 saturated heterocycles. The lowest BCUT2D eigenvalue weighted by atomic mass is 9.97. The Bertz CT molecular complexity index is 6480. The molecule has 0 saturated carbocycles. The fraction of sp³-hybridized carbons (Fsp3) is 0. The Morgan fingerprint density at radius 3 is 1.36 bits per heavy atom. The number of fused-ring (bicyclic) bond motifs is 14. The van der Waals surface area contributed by atoms with Gasteiger partial charge in [-0.3, -0.25) is 0 Å². The van der Waals surface area contributed by atoms with Crippen molar-refractivity contribution in [2.75, 3.05) is 9.80 Å². The Hall–Kier alpha value is -12.3. The van der Waals surface area contributed by atoms with Crippen LogP contribution in [0.3, 0.4) is 0 Å². The summed E-state index contributed by atoms with van der Waals surface area (Å²) in [6.07, 6.45) is 0. The predicted molar refractivity (Wildman–Crippen MR) is 398 cm³/mol. The van der Waals surface area contributed by atoms with Gasteiger partial charge in [0.1, 0.15) is 33.4 Å². The van der Waals surface area contributed by atoms with Crippen LogP contribution in [0.25, 0.3) is 163 Å². The van der Waals surface area contributed by atoms with E-state index in [0.29, 0.717) is 22.9 Å². The Balaban J connectivity index is 0.624. The van der Waals surface area contributed by atoms with Crippen molar-refractivity contribution in [1.29, 1.82) is 0 Å². The zero-order valence-electron chi connectivity index (χ0n) is 51.1. The van der Waals surface area contributed by atoms with Crippen LogP contribution in [-0.2, 0) is 0 Å². The van der Waals surface area contributed by atoms with Gasteiger partial charge in [-0.25, -0.2) is 9.97 Å². The topological polar surface area (TPSA) is 84.8 Å². The normalized spacial score (nSPS) is 12.0. The van der Waals surface area contributed by atoms with E-state index in [1.54, 1.807) is 0 Å². The Labute approximate surface area is 556 Å². The van der Waals surface area contributed by atoms with Crippen LogP contribution in [0.5, 0.6) is 0 Å². The van der Waals surface area contributed by atoms with Crippen molar-refractivity contribution in [3.63, 3.8) is 0 Å². The zero-order chi connectivity index (χ0) is 63.0. The smallest absolute Gasteiger partial charge is 0.227 e. The van der Waals surface area contributed by atoms with Crippen molar-refractivity contribution in [2.45, 2.75) is 0 Å². The molecular weight excluding hydrogens is 1220 g/mol. The molecule has 0 fully saturated rings. The van der Waals surface area contributed by atoms with Crippen molar-refractivity contribution >= 4 is 163 Å². The number of thiophene rings is 2. The number of furan rings is 2. The van der Waals surface area contributed by atoms with Gasteiger partial charge < -0.3 is 27.5 Å². The number of aromatic nitrogens is 2. The molecule has 14 aromatic carbocycles. The number of anilines is 6. The van der Waals surface area contributed by atoms with Gasteiger partial charge in [-0.2, -0.15) is 0 Å². The molecule has 0 atom stereocenters. The number of hydrogen-bond donors (Lipinski definition) is 0. The van der Waals surface area contributed by atoms with E-state index in [-0.39, 0.29) is 0 Å². The van der Waals surface area contributed by atoms with Crippen LogP contribution in [0.2, 0.25) is 0 Å². The number of rotatable bonds is 11. The fourth-order valence-corrected chi connectivity index (χ4v) is 16.4. The molecule has 6 aromatic heterocycles. The molecule has 0 aliphatic rings. The number of benzene rings is 14. The van der Waals surface area contributed by atoms with Gasteiger partial charge in [-0.1, -0.05) is 152 Å². The first kappa shape index (κ1) is 54.2. The third-order valence-corrected chi connectivity index (χ3v) is 21.1. The lowest BCUT2D eigenvalue weighted by Gasteiger charge is -2.26. The second-order valence-electron chi connectivity index (χ2n) is 24.4. The fourth-order valence-electron chi connectivity index (χ4n) is 14.1. The van der Waals surface area contributed by atoms with Crippen molar-refractivity contribution in [3.05, 3.63) is 303 Å². The van der Waals surface area contributed by atoms with Crippen LogP contribution < -0.4 is 9.80 Å². The van der Waals surface area contributed by atoms with E-state index in [1.165, 1.54) is 45.9 Å². The summed E-state index contributed by atoms with van der Waals surface area (Å²) in [5.41, 5.74) is 20.7. The van der Waals surface area contributed by atoms with Gasteiger partial charge >= 0.3 is 0 Å². The molecule has 6 heterocycles. The Morgan fingerprint density at radius 1 is 0.229 bits per heavy atom. The Kier molecular flexibility index (Phi) is 12.2. The first-order chi connectivity index (χ1) is 47.5. The van der Waals surface area contributed by atoms with Crippen molar-refractivity contribution < 1.29 is 17.7 Å². The quantitative estimate of drug-likeness (QED) is 0.127. The van der Waals surface area contributed by atoms with Gasteiger partial charge in [0.25, 0.3) is 0 Å². The predicted octanol–water partition coefficient (Wildman–Crippen LogP) is 25.8. The highest BCUT2D eigenvalue weighted by Gasteiger charge is 2.24. The standard InChI is InChI=1S/C86H50N4O4S2/c1-3-14-51(15-4-1)52-28-34-60(35-29-52)90(74-25-13-24-66-64-22-7-10-27-82(64)96-84(66)74)63-37-40-75-67(45-63)69-47-72-80(50-78(69)92-75)94-86(87-72)58-21-12-20-57(43-58)56-19-11-18-55(42-56)53-30-32-59(33-31-53)89(62-38-41-83-71(46-62)65-23-8-9-26-81(65)95-83)61-36-39-76-68(44-61)70-48-79-73(49-77(70)91-76)88-85(93-79)54-16-5-2-6-17-54/h1-50H. The SMILES string of the molecule is c1ccc(-c2ccc(N(c3ccc4oc5cc6oc(-c7cccc(-c8cccc(-c9ccc(N(c%10ccc%11oc%12cc%13nc(-c%14ccccc%14)oc%13cc%12c%11c%10)c%10ccc%11sc%12ccccc%12c%11c%10)cc9)c8)c7)nc6cc5c4c3)c3cccc4c3sc3ccccc34)cc2)cc1. The van der Waals surface area contributed by atoms with E-state index in [4.69, 9.17) is 27.6 Å². The van der Waals surface area contributed by atoms with E-state index in [9.17, 15) is 0 Å². The molecule has 20 aromatic rings. The molecular formula is C86H50N4O4S2. The maximum atomic E-state index is 6.64. The average molecular weight is 1270 g/mol. The molecule has 8 nitrogen and oxygen atoms in total. The molecule has 0 bridgehead atoms. The monoisotopic (exact) mass is 1270 g/mol. The molecule has 450 valence electrons. The Morgan fingerprint density at radius 2 is 0.667 bits per heavy atom. The minimum atomic E-state index is 0.540. The van der Waals surface area contributed by atoms with Crippen LogP contribution in [0.15, 0.2) is 321 Å². The lowest BCUT2D eigenvalue weighted by Crippen LogP contribution is -2.10. The second kappa shape index (κ2) is 21.6. The highest BCUT2D eigenvalue weighted by Crippen LogP contribution is 2.48. The van der Waals surface area contributed by atoms with Crippen LogP contribution >= 0.6 is 22.7 Å². The first-order valence-corrected chi connectivity index (χ1v) is 33.6. The highest BCUT2D eigenvalue weighted by atomic mass is 32.1. The summed E-state index contributed by atoms with van der Waals surface area (Å²) in [7, 11) is 0. The summed E-state index contributed by atoms with van der Waals surface area (Å²) < 4.78 is 31.2. The van der Waals surface area contributed by atoms with Gasteiger partial charge in [0.2, 0.25) is 11.8 Å². The molecule has 20 rings (SSSR count). The molecule has 96 heavy (non-hydrogen) atoms. The van der Waals surface area contributed by atoms with E-state index < -0.39 is 0 Å². The summed E-state index contributed by atoms with van der Waals surface area (Å²) in [4.78, 5) is 14.7. The highest BCUT2D eigenvalue weighted by molar-refractivity contribution is 7.26. The van der Waals surface area contributed by atoms with E-state index in [0.717, 1.165) is 128 Å². The van der Waals surface area contributed by atoms with Crippen LogP contribution in [-0.4, -0.2) is 9.97 Å². The molecule has 0 unspecified atom stereocenters. The van der Waals surface area contributed by atoms with Gasteiger partial charge in [0.05, 0.1) is 10.4 Å². The van der Waals surface area contributed by atoms with Crippen LogP contribution in [0.4, 0.5) is 34.1 Å². The molecule has 10 heteroatoms. The third kappa shape index (κ3) is 9.02. The first-order valence-electron chi connectivity index (χ1n) is 32.0. The number of nitrogens with zero attached hydrogens (tertiary/aromatic N) is 4. The molecule has 0 amide bonds. The number of hydrogen-bond acceptors (Lipinski definition) is 10. The van der Waals surface area contributed by atoms with Crippen molar-refractivity contribution in [2.24, 2.45) is 0 Å². The van der Waals surface area contributed by atoms with E-state index >= 15 is 0 Å². The third-order valence-electron chi connectivity index (χ3n) is 18.7. The van der Waals surface area contributed by atoms with Crippen LogP contribution in [0, 0.1) is 0 Å². The maximum Gasteiger partial charge on any atom is 0.227 e. The van der Waals surface area contributed by atoms with Crippen molar-refractivity contribution in [1.82, 2.24) is 9.97 Å². The van der Waals surface area contributed by atoms with E-state index in [2.05, 4.69) is 271 Å². The zero-order valence-corrected chi connectivity index (χ0v) is 52.7. The summed E-state index contributed by atoms with van der Waals surface area (Å²) >= 11 is 3.65. The van der Waals surface area contributed by atoms with Gasteiger partial charge in [0, 0.05) is 109 Å². The molecule has 0 spiro atoms. The van der Waals surface area contributed by atoms with Crippen LogP contribution in [0.1, 0.15) is 0 Å². The molecule has 0 aliphatic heterocycles. The largest absolute Gasteiger partial charge is 0.456 e. The molecule has 0 radical (unpaired) electrons.